The van der Waals surface area contributed by atoms with Crippen LogP contribution in [0.3, 0.4) is 0 Å². The van der Waals surface area contributed by atoms with Gasteiger partial charge in [0.1, 0.15) is 12.4 Å². The molecular weight excluding hydrogens is 244 g/mol. The highest BCUT2D eigenvalue weighted by Gasteiger charge is 2.28. The van der Waals surface area contributed by atoms with Gasteiger partial charge in [-0.2, -0.15) is 0 Å². The van der Waals surface area contributed by atoms with E-state index in [-0.39, 0.29) is 18.4 Å². The van der Waals surface area contributed by atoms with Crippen LogP contribution in [0.1, 0.15) is 11.5 Å². The second-order valence-electron chi connectivity index (χ2n) is 4.47. The molecule has 0 saturated carbocycles. The first-order valence-electron chi connectivity index (χ1n) is 6.14. The first kappa shape index (κ1) is 11.9. The molecule has 0 radical (unpaired) electrons. The first-order valence-corrected chi connectivity index (χ1v) is 6.14. The summed E-state index contributed by atoms with van der Waals surface area (Å²) in [7, 11) is 0. The highest BCUT2D eigenvalue weighted by molar-refractivity contribution is 5.78. The molecular formula is C13H14N4O2. The summed E-state index contributed by atoms with van der Waals surface area (Å²) >= 11 is 0. The molecule has 1 N–H and O–H groups in total. The Balaban J connectivity index is 1.46. The van der Waals surface area contributed by atoms with Crippen LogP contribution < -0.4 is 5.48 Å². The minimum absolute atomic E-state index is 0.104. The number of carbonyl (C=O) groups excluding carboxylic acids is 1. The van der Waals surface area contributed by atoms with Crippen molar-refractivity contribution < 1.29 is 9.63 Å². The molecule has 19 heavy (non-hydrogen) atoms. The molecule has 0 saturated heterocycles. The third-order valence-electron chi connectivity index (χ3n) is 3.14. The SMILES string of the molecule is O=C(NOCc1ccccn1)C1Cc2nccn2C1. The lowest BCUT2D eigenvalue weighted by molar-refractivity contribution is -0.138. The van der Waals surface area contributed by atoms with Crippen LogP contribution in [0.15, 0.2) is 36.8 Å². The molecule has 98 valence electrons. The average molecular weight is 258 g/mol. The number of hydrogen-bond donors (Lipinski definition) is 1. The molecule has 2 aromatic heterocycles. The standard InChI is InChI=1S/C13H14N4O2/c18-13(10-7-12-15-5-6-17(12)8-10)16-19-9-11-3-1-2-4-14-11/h1-6,10H,7-9H2,(H,16,18). The summed E-state index contributed by atoms with van der Waals surface area (Å²) in [5.74, 6) is 0.735. The molecule has 1 amide bonds. The van der Waals surface area contributed by atoms with Gasteiger partial charge in [-0.25, -0.2) is 10.5 Å². The minimum Gasteiger partial charge on any atom is -0.334 e. The number of imidazole rings is 1. The van der Waals surface area contributed by atoms with E-state index in [9.17, 15) is 4.79 Å². The van der Waals surface area contributed by atoms with Gasteiger partial charge in [-0.1, -0.05) is 6.07 Å². The fraction of sp³-hybridized carbons (Fsp3) is 0.308. The van der Waals surface area contributed by atoms with Crippen LogP contribution in [0.25, 0.3) is 0 Å². The Morgan fingerprint density at radius 3 is 3.16 bits per heavy atom. The predicted molar refractivity (Wildman–Crippen MR) is 66.6 cm³/mol. The second kappa shape index (κ2) is 5.19. The van der Waals surface area contributed by atoms with Gasteiger partial charge >= 0.3 is 0 Å². The van der Waals surface area contributed by atoms with Crippen LogP contribution in [-0.4, -0.2) is 20.4 Å². The van der Waals surface area contributed by atoms with Crippen molar-refractivity contribution in [1.82, 2.24) is 20.0 Å². The monoisotopic (exact) mass is 258 g/mol. The van der Waals surface area contributed by atoms with Crippen molar-refractivity contribution >= 4 is 5.91 Å². The largest absolute Gasteiger partial charge is 0.334 e. The predicted octanol–water partition coefficient (Wildman–Crippen LogP) is 0.698. The van der Waals surface area contributed by atoms with Crippen LogP contribution in [-0.2, 0) is 29.2 Å². The zero-order chi connectivity index (χ0) is 13.1. The first-order chi connectivity index (χ1) is 9.33. The Kier molecular flexibility index (Phi) is 3.24. The summed E-state index contributed by atoms with van der Waals surface area (Å²) < 4.78 is 1.99. The molecule has 2 aromatic rings. The molecule has 0 aliphatic carbocycles. The third kappa shape index (κ3) is 2.63. The number of hydroxylamine groups is 1. The maximum atomic E-state index is 11.9. The molecule has 1 unspecified atom stereocenters. The Labute approximate surface area is 110 Å². The van der Waals surface area contributed by atoms with Crippen LogP contribution >= 0.6 is 0 Å². The molecule has 1 aliphatic heterocycles. The molecule has 3 heterocycles. The number of fused-ring (bicyclic) bond motifs is 1. The molecule has 0 fully saturated rings. The zero-order valence-corrected chi connectivity index (χ0v) is 10.3. The van der Waals surface area contributed by atoms with Gasteiger partial charge in [-0.15, -0.1) is 0 Å². The van der Waals surface area contributed by atoms with E-state index in [4.69, 9.17) is 4.84 Å². The van der Waals surface area contributed by atoms with E-state index in [0.717, 1.165) is 11.5 Å². The number of nitrogens with zero attached hydrogens (tertiary/aromatic N) is 3. The number of rotatable bonds is 4. The van der Waals surface area contributed by atoms with Gasteiger partial charge in [0.25, 0.3) is 0 Å². The number of amides is 1. The van der Waals surface area contributed by atoms with E-state index in [2.05, 4.69) is 15.4 Å². The van der Waals surface area contributed by atoms with E-state index in [1.807, 2.05) is 29.0 Å². The van der Waals surface area contributed by atoms with Crippen LogP contribution in [0, 0.1) is 5.92 Å². The van der Waals surface area contributed by atoms with E-state index in [1.165, 1.54) is 0 Å². The van der Waals surface area contributed by atoms with E-state index in [0.29, 0.717) is 13.0 Å². The summed E-state index contributed by atoms with van der Waals surface area (Å²) in [5.41, 5.74) is 3.26. The molecule has 0 spiro atoms. The number of aromatic nitrogens is 3. The van der Waals surface area contributed by atoms with E-state index in [1.54, 1.807) is 12.4 Å². The lowest BCUT2D eigenvalue weighted by Crippen LogP contribution is -2.31. The number of nitrogens with one attached hydrogen (secondary N) is 1. The fourth-order valence-corrected chi connectivity index (χ4v) is 2.14. The summed E-state index contributed by atoms with van der Waals surface area (Å²) in [6.45, 7) is 0.929. The van der Waals surface area contributed by atoms with Crippen molar-refractivity contribution in [2.24, 2.45) is 5.92 Å². The van der Waals surface area contributed by atoms with Crippen molar-refractivity contribution in [2.75, 3.05) is 0 Å². The zero-order valence-electron chi connectivity index (χ0n) is 10.3. The molecule has 1 aliphatic rings. The summed E-state index contributed by atoms with van der Waals surface area (Å²) in [6.07, 6.45) is 5.99. The quantitative estimate of drug-likeness (QED) is 0.820. The molecule has 0 bridgehead atoms. The Morgan fingerprint density at radius 1 is 1.42 bits per heavy atom. The van der Waals surface area contributed by atoms with Crippen LogP contribution in [0.2, 0.25) is 0 Å². The fourth-order valence-electron chi connectivity index (χ4n) is 2.14. The van der Waals surface area contributed by atoms with Crippen molar-refractivity contribution in [3.8, 4) is 0 Å². The molecule has 6 heteroatoms. The Bertz CT molecular complexity index is 547. The van der Waals surface area contributed by atoms with E-state index < -0.39 is 0 Å². The molecule has 1 atom stereocenters. The van der Waals surface area contributed by atoms with Crippen molar-refractivity contribution in [1.29, 1.82) is 0 Å². The lowest BCUT2D eigenvalue weighted by atomic mass is 10.1. The summed E-state index contributed by atoms with van der Waals surface area (Å²) in [5, 5.41) is 0. The second-order valence-corrected chi connectivity index (χ2v) is 4.47. The number of carbonyl (C=O) groups is 1. The van der Waals surface area contributed by atoms with Crippen LogP contribution in [0.5, 0.6) is 0 Å². The maximum Gasteiger partial charge on any atom is 0.248 e. The van der Waals surface area contributed by atoms with Gasteiger partial charge in [0, 0.05) is 31.6 Å². The number of hydrogen-bond acceptors (Lipinski definition) is 4. The highest BCUT2D eigenvalue weighted by Crippen LogP contribution is 2.18. The van der Waals surface area contributed by atoms with Gasteiger partial charge < -0.3 is 4.57 Å². The Morgan fingerprint density at radius 2 is 2.37 bits per heavy atom. The average Bonchev–Trinajstić information content (AvgIpc) is 3.00. The minimum atomic E-state index is -0.110. The van der Waals surface area contributed by atoms with Crippen molar-refractivity contribution in [2.45, 2.75) is 19.6 Å². The van der Waals surface area contributed by atoms with Gasteiger partial charge in [-0.3, -0.25) is 14.6 Å². The van der Waals surface area contributed by atoms with Gasteiger partial charge in [0.05, 0.1) is 11.6 Å². The highest BCUT2D eigenvalue weighted by atomic mass is 16.6. The maximum absolute atomic E-state index is 11.9. The smallest absolute Gasteiger partial charge is 0.248 e. The van der Waals surface area contributed by atoms with Crippen molar-refractivity contribution in [3.63, 3.8) is 0 Å². The van der Waals surface area contributed by atoms with E-state index >= 15 is 0 Å². The van der Waals surface area contributed by atoms with Crippen molar-refractivity contribution in [3.05, 3.63) is 48.3 Å². The topological polar surface area (TPSA) is 69.0 Å². The normalized spacial score (nSPS) is 17.2. The van der Waals surface area contributed by atoms with Crippen LogP contribution in [0.4, 0.5) is 0 Å². The van der Waals surface area contributed by atoms with Gasteiger partial charge in [-0.05, 0) is 12.1 Å². The molecule has 0 aromatic carbocycles. The Hall–Kier alpha value is -2.21. The lowest BCUT2D eigenvalue weighted by Gasteiger charge is -2.09. The van der Waals surface area contributed by atoms with Gasteiger partial charge in [0.2, 0.25) is 5.91 Å². The number of pyridine rings is 1. The third-order valence-corrected chi connectivity index (χ3v) is 3.14. The molecule has 6 nitrogen and oxygen atoms in total. The molecule has 3 rings (SSSR count). The summed E-state index contributed by atoms with van der Waals surface area (Å²) in [4.78, 5) is 25.4. The van der Waals surface area contributed by atoms with Gasteiger partial charge in [0.15, 0.2) is 0 Å². The summed E-state index contributed by atoms with van der Waals surface area (Å²) in [6, 6.07) is 5.56.